The summed E-state index contributed by atoms with van der Waals surface area (Å²) in [6.45, 7) is 8.63. The molecular formula is C18H25ClN4O. The van der Waals surface area contributed by atoms with Crippen LogP contribution in [0.2, 0.25) is 5.02 Å². The molecule has 0 amide bonds. The first-order valence-corrected chi connectivity index (χ1v) is 8.74. The minimum atomic E-state index is 0.260. The van der Waals surface area contributed by atoms with Crippen molar-refractivity contribution in [3.63, 3.8) is 0 Å². The van der Waals surface area contributed by atoms with Crippen LogP contribution in [0.25, 0.3) is 5.69 Å². The van der Waals surface area contributed by atoms with Crippen LogP contribution in [-0.2, 0) is 11.3 Å². The number of aryl methyl sites for hydroxylation is 1. The van der Waals surface area contributed by atoms with Crippen LogP contribution in [0, 0.1) is 13.8 Å². The molecule has 1 atom stereocenters. The van der Waals surface area contributed by atoms with Crippen molar-refractivity contribution in [1.82, 2.24) is 20.0 Å². The Bertz CT molecular complexity index is 683. The summed E-state index contributed by atoms with van der Waals surface area (Å²) < 4.78 is 7.77. The number of rotatable bonds is 5. The zero-order valence-corrected chi connectivity index (χ0v) is 15.3. The first-order chi connectivity index (χ1) is 11.5. The zero-order chi connectivity index (χ0) is 17.1. The minimum absolute atomic E-state index is 0.260. The summed E-state index contributed by atoms with van der Waals surface area (Å²) >= 11 is 5.97. The van der Waals surface area contributed by atoms with Crippen LogP contribution in [0.3, 0.4) is 0 Å². The maximum atomic E-state index is 5.97. The van der Waals surface area contributed by atoms with Crippen molar-refractivity contribution in [2.24, 2.45) is 0 Å². The molecule has 3 rings (SSSR count). The number of hydrogen-bond acceptors (Lipinski definition) is 4. The number of nitrogens with one attached hydrogen (secondary N) is 1. The van der Waals surface area contributed by atoms with Gasteiger partial charge >= 0.3 is 0 Å². The van der Waals surface area contributed by atoms with Crippen LogP contribution in [-0.4, -0.2) is 54.1 Å². The molecule has 2 aromatic rings. The van der Waals surface area contributed by atoms with Crippen molar-refractivity contribution in [3.05, 3.63) is 46.2 Å². The van der Waals surface area contributed by atoms with Gasteiger partial charge in [0.05, 0.1) is 24.1 Å². The molecular weight excluding hydrogens is 324 g/mol. The van der Waals surface area contributed by atoms with Gasteiger partial charge in [-0.2, -0.15) is 5.10 Å². The van der Waals surface area contributed by atoms with Gasteiger partial charge in [0.1, 0.15) is 0 Å². The highest BCUT2D eigenvalue weighted by atomic mass is 35.5. The lowest BCUT2D eigenvalue weighted by atomic mass is 10.2. The monoisotopic (exact) mass is 348 g/mol. The highest BCUT2D eigenvalue weighted by Crippen LogP contribution is 2.19. The van der Waals surface area contributed by atoms with Crippen LogP contribution < -0.4 is 5.32 Å². The molecule has 1 aliphatic heterocycles. The summed E-state index contributed by atoms with van der Waals surface area (Å²) in [5.41, 5.74) is 4.48. The highest BCUT2D eigenvalue weighted by molar-refractivity contribution is 6.30. The molecule has 1 saturated heterocycles. The van der Waals surface area contributed by atoms with Gasteiger partial charge in [-0.1, -0.05) is 11.6 Å². The Morgan fingerprint density at radius 3 is 2.75 bits per heavy atom. The van der Waals surface area contributed by atoms with Crippen molar-refractivity contribution in [2.45, 2.75) is 26.5 Å². The number of morpholine rings is 1. The Morgan fingerprint density at radius 1 is 1.29 bits per heavy atom. The van der Waals surface area contributed by atoms with Gasteiger partial charge in [0.15, 0.2) is 0 Å². The number of likely N-dealkylation sites (N-methyl/N-ethyl adjacent to an activating group) is 1. The van der Waals surface area contributed by atoms with E-state index in [1.54, 1.807) is 0 Å². The largest absolute Gasteiger partial charge is 0.374 e. The van der Waals surface area contributed by atoms with Crippen molar-refractivity contribution in [1.29, 1.82) is 0 Å². The third kappa shape index (κ3) is 3.98. The lowest BCUT2D eigenvalue weighted by molar-refractivity contribution is -0.0182. The second kappa shape index (κ2) is 7.66. The van der Waals surface area contributed by atoms with Crippen molar-refractivity contribution in [3.8, 4) is 5.69 Å². The van der Waals surface area contributed by atoms with Gasteiger partial charge in [0.2, 0.25) is 0 Å². The van der Waals surface area contributed by atoms with Gasteiger partial charge in [-0.05, 0) is 45.2 Å². The SMILES string of the molecule is Cc1nn(-c2ccc(Cl)cc2)c(C)c1CNCC1CN(C)CCO1. The Labute approximate surface area is 148 Å². The van der Waals surface area contributed by atoms with E-state index in [-0.39, 0.29) is 6.10 Å². The molecule has 1 aromatic carbocycles. The van der Waals surface area contributed by atoms with Gasteiger partial charge in [0, 0.05) is 42.5 Å². The maximum absolute atomic E-state index is 5.97. The zero-order valence-electron chi connectivity index (χ0n) is 14.6. The topological polar surface area (TPSA) is 42.3 Å². The first-order valence-electron chi connectivity index (χ1n) is 8.36. The number of halogens is 1. The molecule has 24 heavy (non-hydrogen) atoms. The van der Waals surface area contributed by atoms with Crippen LogP contribution in [0.1, 0.15) is 17.0 Å². The Balaban J connectivity index is 1.65. The molecule has 0 saturated carbocycles. The summed E-state index contributed by atoms with van der Waals surface area (Å²) in [7, 11) is 2.14. The van der Waals surface area contributed by atoms with E-state index in [0.717, 1.165) is 54.9 Å². The number of aromatic nitrogens is 2. The highest BCUT2D eigenvalue weighted by Gasteiger charge is 2.18. The normalized spacial score (nSPS) is 18.9. The second-order valence-electron chi connectivity index (χ2n) is 6.42. The molecule has 1 fully saturated rings. The van der Waals surface area contributed by atoms with Crippen LogP contribution in [0.4, 0.5) is 0 Å². The molecule has 0 radical (unpaired) electrons. The van der Waals surface area contributed by atoms with E-state index in [9.17, 15) is 0 Å². The number of nitrogens with zero attached hydrogens (tertiary/aromatic N) is 3. The van der Waals surface area contributed by atoms with E-state index >= 15 is 0 Å². The molecule has 1 aromatic heterocycles. The molecule has 5 nitrogen and oxygen atoms in total. The lowest BCUT2D eigenvalue weighted by Gasteiger charge is -2.30. The fraction of sp³-hybridized carbons (Fsp3) is 0.500. The Hall–Kier alpha value is -1.40. The third-order valence-corrected chi connectivity index (χ3v) is 4.78. The Kier molecular flexibility index (Phi) is 5.56. The van der Waals surface area contributed by atoms with Crippen molar-refractivity contribution >= 4 is 11.6 Å². The van der Waals surface area contributed by atoms with Gasteiger partial charge in [-0.25, -0.2) is 4.68 Å². The van der Waals surface area contributed by atoms with Crippen LogP contribution in [0.5, 0.6) is 0 Å². The average Bonchev–Trinajstić information content (AvgIpc) is 2.84. The minimum Gasteiger partial charge on any atom is -0.374 e. The average molecular weight is 349 g/mol. The number of benzene rings is 1. The van der Waals surface area contributed by atoms with E-state index in [0.29, 0.717) is 0 Å². The molecule has 2 heterocycles. The van der Waals surface area contributed by atoms with Gasteiger partial charge in [-0.3, -0.25) is 0 Å². The van der Waals surface area contributed by atoms with Gasteiger partial charge < -0.3 is 15.0 Å². The van der Waals surface area contributed by atoms with Gasteiger partial charge in [-0.15, -0.1) is 0 Å². The second-order valence-corrected chi connectivity index (χ2v) is 6.86. The molecule has 1 N–H and O–H groups in total. The number of ether oxygens (including phenoxy) is 1. The van der Waals surface area contributed by atoms with Crippen LogP contribution in [0.15, 0.2) is 24.3 Å². The first kappa shape index (κ1) is 17.4. The van der Waals surface area contributed by atoms with E-state index < -0.39 is 0 Å². The molecule has 130 valence electrons. The summed E-state index contributed by atoms with van der Waals surface area (Å²) in [6.07, 6.45) is 0.260. The van der Waals surface area contributed by atoms with E-state index in [1.165, 1.54) is 5.56 Å². The fourth-order valence-corrected chi connectivity index (χ4v) is 3.24. The molecule has 0 spiro atoms. The summed E-state index contributed by atoms with van der Waals surface area (Å²) in [5, 5.41) is 8.94. The van der Waals surface area contributed by atoms with Crippen molar-refractivity contribution < 1.29 is 4.74 Å². The summed E-state index contributed by atoms with van der Waals surface area (Å²) in [4.78, 5) is 2.31. The molecule has 0 aliphatic carbocycles. The van der Waals surface area contributed by atoms with E-state index in [4.69, 9.17) is 16.3 Å². The summed E-state index contributed by atoms with van der Waals surface area (Å²) in [5.74, 6) is 0. The molecule has 0 bridgehead atoms. The molecule has 1 unspecified atom stereocenters. The van der Waals surface area contributed by atoms with Crippen molar-refractivity contribution in [2.75, 3.05) is 33.3 Å². The fourth-order valence-electron chi connectivity index (χ4n) is 3.11. The maximum Gasteiger partial charge on any atom is 0.0826 e. The molecule has 1 aliphatic rings. The third-order valence-electron chi connectivity index (χ3n) is 4.53. The molecule has 6 heteroatoms. The van der Waals surface area contributed by atoms with E-state index in [2.05, 4.69) is 36.2 Å². The Morgan fingerprint density at radius 2 is 2.04 bits per heavy atom. The summed E-state index contributed by atoms with van der Waals surface area (Å²) in [6, 6.07) is 7.76. The van der Waals surface area contributed by atoms with Crippen LogP contribution >= 0.6 is 11.6 Å². The van der Waals surface area contributed by atoms with E-state index in [1.807, 2.05) is 28.9 Å². The smallest absolute Gasteiger partial charge is 0.0826 e. The van der Waals surface area contributed by atoms with Gasteiger partial charge in [0.25, 0.3) is 0 Å². The predicted molar refractivity (Wildman–Crippen MR) is 97.0 cm³/mol. The lowest BCUT2D eigenvalue weighted by Crippen LogP contribution is -2.44. The quantitative estimate of drug-likeness (QED) is 0.901. The number of hydrogen-bond donors (Lipinski definition) is 1. The standard InChI is InChI=1S/C18H25ClN4O/c1-13-18(11-20-10-17-12-22(3)8-9-24-17)14(2)23(21-13)16-6-4-15(19)5-7-16/h4-7,17,20H,8-12H2,1-3H3. The predicted octanol–water partition coefficient (Wildman–Crippen LogP) is 2.56.